The third kappa shape index (κ3) is 4.89. The van der Waals surface area contributed by atoms with Crippen molar-refractivity contribution in [1.82, 2.24) is 14.9 Å². The standard InChI is InChI=1S/C20H33N5O2/c1-4-5-9-27-20-22-18(21)16-10-17(26)25(19(16)23-20)13-15-7-6-8-24(12-15)11-14(2)3/h14-15H,4-13H2,1-3H3,(H2,21,22,23). The van der Waals surface area contributed by atoms with E-state index in [1.54, 1.807) is 0 Å². The van der Waals surface area contributed by atoms with Gasteiger partial charge >= 0.3 is 6.01 Å². The van der Waals surface area contributed by atoms with E-state index in [0.29, 0.717) is 43.0 Å². The maximum atomic E-state index is 12.6. The average molecular weight is 376 g/mol. The van der Waals surface area contributed by atoms with E-state index in [1.165, 1.54) is 6.42 Å². The first-order chi connectivity index (χ1) is 13.0. The van der Waals surface area contributed by atoms with Crippen LogP contribution in [0.4, 0.5) is 11.6 Å². The van der Waals surface area contributed by atoms with Gasteiger partial charge in [0.25, 0.3) is 0 Å². The molecule has 2 aliphatic heterocycles. The highest BCUT2D eigenvalue weighted by molar-refractivity contribution is 6.01. The average Bonchev–Trinajstić information content (AvgIpc) is 2.92. The van der Waals surface area contributed by atoms with Crippen LogP contribution in [0.5, 0.6) is 6.01 Å². The predicted molar refractivity (Wildman–Crippen MR) is 107 cm³/mol. The quantitative estimate of drug-likeness (QED) is 0.703. The molecule has 0 saturated carbocycles. The van der Waals surface area contributed by atoms with Crippen LogP contribution in [0.1, 0.15) is 52.0 Å². The van der Waals surface area contributed by atoms with Gasteiger partial charge in [-0.3, -0.25) is 9.69 Å². The van der Waals surface area contributed by atoms with Crippen LogP contribution in [0, 0.1) is 11.8 Å². The van der Waals surface area contributed by atoms with Crippen molar-refractivity contribution in [3.63, 3.8) is 0 Å². The van der Waals surface area contributed by atoms with Crippen LogP contribution >= 0.6 is 0 Å². The number of piperidine rings is 1. The van der Waals surface area contributed by atoms with Gasteiger partial charge in [-0.1, -0.05) is 27.2 Å². The molecule has 2 N–H and O–H groups in total. The molecular weight excluding hydrogens is 342 g/mol. The summed E-state index contributed by atoms with van der Waals surface area (Å²) >= 11 is 0. The van der Waals surface area contributed by atoms with Crippen molar-refractivity contribution in [3.8, 4) is 6.01 Å². The molecule has 1 unspecified atom stereocenters. The summed E-state index contributed by atoms with van der Waals surface area (Å²) in [5, 5.41) is 0. The number of fused-ring (bicyclic) bond motifs is 1. The number of hydrogen-bond donors (Lipinski definition) is 1. The Balaban J connectivity index is 1.71. The number of hydrogen-bond acceptors (Lipinski definition) is 6. The molecule has 0 bridgehead atoms. The van der Waals surface area contributed by atoms with Crippen molar-refractivity contribution in [2.75, 3.05) is 43.4 Å². The Morgan fingerprint density at radius 2 is 2.15 bits per heavy atom. The molecule has 7 nitrogen and oxygen atoms in total. The summed E-state index contributed by atoms with van der Waals surface area (Å²) in [6.45, 7) is 11.2. The smallest absolute Gasteiger partial charge is 0.320 e. The molecule has 0 aromatic carbocycles. The van der Waals surface area contributed by atoms with Crippen LogP contribution < -0.4 is 15.4 Å². The maximum absolute atomic E-state index is 12.6. The van der Waals surface area contributed by atoms with Crippen LogP contribution in [0.2, 0.25) is 0 Å². The van der Waals surface area contributed by atoms with Crippen LogP contribution in [-0.4, -0.2) is 53.6 Å². The highest BCUT2D eigenvalue weighted by Crippen LogP contribution is 2.33. The highest BCUT2D eigenvalue weighted by Gasteiger charge is 2.34. The van der Waals surface area contributed by atoms with Gasteiger partial charge in [-0.15, -0.1) is 0 Å². The fourth-order valence-corrected chi connectivity index (χ4v) is 4.03. The monoisotopic (exact) mass is 375 g/mol. The molecule has 1 amide bonds. The number of unbranched alkanes of at least 4 members (excludes halogenated alkanes) is 1. The van der Waals surface area contributed by atoms with Gasteiger partial charge < -0.3 is 15.4 Å². The number of carbonyl (C=O) groups excluding carboxylic acids is 1. The molecule has 1 atom stereocenters. The van der Waals surface area contributed by atoms with E-state index in [9.17, 15) is 4.79 Å². The second-order valence-corrected chi connectivity index (χ2v) is 8.24. The van der Waals surface area contributed by atoms with Gasteiger partial charge in [-0.05, 0) is 37.6 Å². The number of nitrogens with zero attached hydrogens (tertiary/aromatic N) is 4. The Morgan fingerprint density at radius 1 is 1.33 bits per heavy atom. The minimum atomic E-state index is 0.0673. The fourth-order valence-electron chi connectivity index (χ4n) is 4.03. The summed E-state index contributed by atoms with van der Waals surface area (Å²) in [4.78, 5) is 25.7. The molecule has 0 radical (unpaired) electrons. The normalized spacial score (nSPS) is 20.4. The second kappa shape index (κ2) is 8.87. The Morgan fingerprint density at radius 3 is 2.89 bits per heavy atom. The Bertz CT molecular complexity index is 664. The van der Waals surface area contributed by atoms with Gasteiger partial charge in [0.1, 0.15) is 11.6 Å². The largest absolute Gasteiger partial charge is 0.463 e. The molecule has 0 aliphatic carbocycles. The lowest BCUT2D eigenvalue weighted by Crippen LogP contribution is -2.43. The Kier molecular flexibility index (Phi) is 6.52. The van der Waals surface area contributed by atoms with E-state index >= 15 is 0 Å². The molecule has 1 fully saturated rings. The molecule has 1 aromatic rings. The predicted octanol–water partition coefficient (Wildman–Crippen LogP) is 2.49. The summed E-state index contributed by atoms with van der Waals surface area (Å²) in [7, 11) is 0. The summed E-state index contributed by atoms with van der Waals surface area (Å²) in [5.74, 6) is 2.21. The zero-order valence-electron chi connectivity index (χ0n) is 16.9. The lowest BCUT2D eigenvalue weighted by molar-refractivity contribution is -0.117. The van der Waals surface area contributed by atoms with Crippen molar-refractivity contribution in [2.45, 2.75) is 52.9 Å². The molecule has 1 saturated heterocycles. The lowest BCUT2D eigenvalue weighted by atomic mass is 9.96. The fraction of sp³-hybridized carbons (Fsp3) is 0.750. The summed E-state index contributed by atoms with van der Waals surface area (Å²) < 4.78 is 5.64. The number of amides is 1. The molecule has 0 spiro atoms. The van der Waals surface area contributed by atoms with Gasteiger partial charge in [0.2, 0.25) is 5.91 Å². The van der Waals surface area contributed by atoms with Crippen molar-refractivity contribution in [1.29, 1.82) is 0 Å². The van der Waals surface area contributed by atoms with E-state index < -0.39 is 0 Å². The third-order valence-corrected chi connectivity index (χ3v) is 5.28. The first-order valence-electron chi connectivity index (χ1n) is 10.3. The molecule has 27 heavy (non-hydrogen) atoms. The van der Waals surface area contributed by atoms with E-state index in [4.69, 9.17) is 10.5 Å². The molecule has 3 heterocycles. The first-order valence-corrected chi connectivity index (χ1v) is 10.3. The second-order valence-electron chi connectivity index (χ2n) is 8.24. The van der Waals surface area contributed by atoms with Crippen molar-refractivity contribution in [3.05, 3.63) is 5.56 Å². The van der Waals surface area contributed by atoms with Crippen LogP contribution in [0.15, 0.2) is 0 Å². The first kappa shape index (κ1) is 19.9. The number of nitrogen functional groups attached to an aromatic ring is 1. The van der Waals surface area contributed by atoms with Crippen LogP contribution in [0.25, 0.3) is 0 Å². The number of rotatable bonds is 8. The Labute approximate surface area is 162 Å². The SMILES string of the molecule is CCCCOc1nc(N)c2c(n1)N(CC1CCCN(CC(C)C)C1)C(=O)C2. The molecule has 7 heteroatoms. The van der Waals surface area contributed by atoms with Gasteiger partial charge in [-0.2, -0.15) is 9.97 Å². The zero-order chi connectivity index (χ0) is 19.4. The van der Waals surface area contributed by atoms with Crippen LogP contribution in [-0.2, 0) is 11.2 Å². The number of carbonyl (C=O) groups is 1. The van der Waals surface area contributed by atoms with Gasteiger partial charge in [-0.25, -0.2) is 0 Å². The van der Waals surface area contributed by atoms with Gasteiger partial charge in [0, 0.05) is 25.2 Å². The number of nitrogens with two attached hydrogens (primary N) is 1. The van der Waals surface area contributed by atoms with E-state index in [-0.39, 0.29) is 11.9 Å². The van der Waals surface area contributed by atoms with Crippen molar-refractivity contribution < 1.29 is 9.53 Å². The zero-order valence-corrected chi connectivity index (χ0v) is 16.9. The Hall–Kier alpha value is -1.89. The molecule has 2 aliphatic rings. The number of anilines is 2. The van der Waals surface area contributed by atoms with Crippen molar-refractivity contribution >= 4 is 17.5 Å². The van der Waals surface area contributed by atoms with Gasteiger partial charge in [0.15, 0.2) is 0 Å². The van der Waals surface area contributed by atoms with E-state index in [0.717, 1.165) is 44.5 Å². The maximum Gasteiger partial charge on any atom is 0.320 e. The topological polar surface area (TPSA) is 84.6 Å². The minimum absolute atomic E-state index is 0.0673. The van der Waals surface area contributed by atoms with Gasteiger partial charge in [0.05, 0.1) is 13.0 Å². The molecular formula is C20H33N5O2. The summed E-state index contributed by atoms with van der Waals surface area (Å²) in [6.07, 6.45) is 4.60. The van der Waals surface area contributed by atoms with E-state index in [1.807, 2.05) is 4.90 Å². The molecule has 3 rings (SSSR count). The molecule has 150 valence electrons. The third-order valence-electron chi connectivity index (χ3n) is 5.28. The minimum Gasteiger partial charge on any atom is -0.463 e. The number of aromatic nitrogens is 2. The van der Waals surface area contributed by atoms with E-state index in [2.05, 4.69) is 35.6 Å². The molecule has 1 aromatic heterocycles. The highest BCUT2D eigenvalue weighted by atomic mass is 16.5. The van der Waals surface area contributed by atoms with Crippen LogP contribution in [0.3, 0.4) is 0 Å². The lowest BCUT2D eigenvalue weighted by Gasteiger charge is -2.35. The summed E-state index contributed by atoms with van der Waals surface area (Å²) in [5.41, 5.74) is 6.84. The number of likely N-dealkylation sites (tertiary alicyclic amines) is 1. The number of ether oxygens (including phenoxy) is 1. The van der Waals surface area contributed by atoms with Crippen molar-refractivity contribution in [2.24, 2.45) is 11.8 Å². The summed E-state index contributed by atoms with van der Waals surface area (Å²) in [6, 6.07) is 0.282.